The van der Waals surface area contributed by atoms with Gasteiger partial charge in [0.25, 0.3) is 0 Å². The number of hydrogen-bond donors (Lipinski definition) is 0. The van der Waals surface area contributed by atoms with Gasteiger partial charge in [-0.05, 0) is 67.9 Å². The van der Waals surface area contributed by atoms with Crippen molar-refractivity contribution in [2.24, 2.45) is 0 Å². The molecule has 4 rings (SSSR count). The van der Waals surface area contributed by atoms with Gasteiger partial charge in [0.2, 0.25) is 0 Å². The van der Waals surface area contributed by atoms with Crippen LogP contribution in [0.2, 0.25) is 0 Å². The lowest BCUT2D eigenvalue weighted by Crippen LogP contribution is -2.05. The zero-order chi connectivity index (χ0) is 17.2. The van der Waals surface area contributed by atoms with E-state index in [9.17, 15) is 0 Å². The Labute approximate surface area is 151 Å². The first kappa shape index (κ1) is 16.1. The first-order valence-electron chi connectivity index (χ1n) is 8.58. The maximum absolute atomic E-state index is 5.62. The van der Waals surface area contributed by atoms with E-state index in [0.717, 1.165) is 28.6 Å². The summed E-state index contributed by atoms with van der Waals surface area (Å²) in [5.74, 6) is 2.11. The van der Waals surface area contributed by atoms with E-state index in [-0.39, 0.29) is 6.10 Å². The maximum Gasteiger partial charge on any atom is 0.191 e. The van der Waals surface area contributed by atoms with E-state index in [4.69, 9.17) is 4.74 Å². The molecular weight excluding hydrogens is 332 g/mol. The molecule has 6 heteroatoms. The van der Waals surface area contributed by atoms with Crippen LogP contribution in [0.15, 0.2) is 36.7 Å². The van der Waals surface area contributed by atoms with E-state index in [2.05, 4.69) is 25.4 Å². The third-order valence-electron chi connectivity index (χ3n) is 4.07. The number of rotatable bonds is 6. The lowest BCUT2D eigenvalue weighted by atomic mass is 10.1. The van der Waals surface area contributed by atoms with Gasteiger partial charge in [-0.3, -0.25) is 4.98 Å². The van der Waals surface area contributed by atoms with Crippen LogP contribution in [0, 0.1) is 0 Å². The second-order valence-electron chi connectivity index (χ2n) is 6.55. The Morgan fingerprint density at radius 1 is 1.20 bits per heavy atom. The fourth-order valence-corrected chi connectivity index (χ4v) is 3.45. The Kier molecular flexibility index (Phi) is 4.44. The van der Waals surface area contributed by atoms with Crippen LogP contribution < -0.4 is 4.74 Å². The fraction of sp³-hybridized carbons (Fsp3) is 0.368. The first-order chi connectivity index (χ1) is 12.2. The summed E-state index contributed by atoms with van der Waals surface area (Å²) in [5, 5.41) is 0.972. The fourth-order valence-electron chi connectivity index (χ4n) is 2.79. The molecule has 0 radical (unpaired) electrons. The van der Waals surface area contributed by atoms with Crippen molar-refractivity contribution in [2.45, 2.75) is 45.1 Å². The van der Waals surface area contributed by atoms with E-state index >= 15 is 0 Å². The van der Waals surface area contributed by atoms with Crippen LogP contribution in [-0.4, -0.2) is 25.4 Å². The zero-order valence-corrected chi connectivity index (χ0v) is 15.2. The molecule has 0 N–H and O–H groups in total. The van der Waals surface area contributed by atoms with E-state index in [0.29, 0.717) is 11.7 Å². The van der Waals surface area contributed by atoms with Crippen LogP contribution in [0.1, 0.15) is 48.9 Å². The van der Waals surface area contributed by atoms with Crippen molar-refractivity contribution in [1.82, 2.24) is 19.3 Å². The molecule has 3 aromatic rings. The van der Waals surface area contributed by atoms with Crippen molar-refractivity contribution in [3.8, 4) is 17.3 Å². The van der Waals surface area contributed by atoms with Crippen LogP contribution in [0.3, 0.4) is 0 Å². The summed E-state index contributed by atoms with van der Waals surface area (Å²) in [7, 11) is 0. The minimum Gasteiger partial charge on any atom is -0.489 e. The molecule has 128 valence electrons. The SMILES string of the molecule is CC(C)Oc1ccc(-c2nsc(Cc3ncccc3C3CC3)n2)nc1. The Balaban J connectivity index is 1.51. The van der Waals surface area contributed by atoms with E-state index in [1.165, 1.54) is 29.9 Å². The quantitative estimate of drug-likeness (QED) is 0.664. The highest BCUT2D eigenvalue weighted by Gasteiger charge is 2.26. The van der Waals surface area contributed by atoms with Crippen LogP contribution >= 0.6 is 11.5 Å². The highest BCUT2D eigenvalue weighted by atomic mass is 32.1. The molecule has 0 bridgehead atoms. The van der Waals surface area contributed by atoms with E-state index < -0.39 is 0 Å². The summed E-state index contributed by atoms with van der Waals surface area (Å²) >= 11 is 1.42. The van der Waals surface area contributed by atoms with Crippen molar-refractivity contribution in [2.75, 3.05) is 0 Å². The van der Waals surface area contributed by atoms with Gasteiger partial charge in [-0.2, -0.15) is 4.37 Å². The van der Waals surface area contributed by atoms with Gasteiger partial charge in [0.05, 0.1) is 18.0 Å². The molecule has 25 heavy (non-hydrogen) atoms. The van der Waals surface area contributed by atoms with Gasteiger partial charge in [0.15, 0.2) is 5.82 Å². The van der Waals surface area contributed by atoms with Crippen LogP contribution in [0.25, 0.3) is 11.5 Å². The molecule has 1 fully saturated rings. The summed E-state index contributed by atoms with van der Waals surface area (Å²) in [6, 6.07) is 8.03. The Bertz CT molecular complexity index is 856. The van der Waals surface area contributed by atoms with Gasteiger partial charge in [-0.15, -0.1) is 0 Å². The normalized spacial score (nSPS) is 14.0. The molecule has 0 spiro atoms. The van der Waals surface area contributed by atoms with Gasteiger partial charge in [0, 0.05) is 12.6 Å². The topological polar surface area (TPSA) is 60.8 Å². The highest BCUT2D eigenvalue weighted by Crippen LogP contribution is 2.41. The Morgan fingerprint density at radius 3 is 2.80 bits per heavy atom. The van der Waals surface area contributed by atoms with Crippen molar-refractivity contribution in [1.29, 1.82) is 0 Å². The summed E-state index contributed by atoms with van der Waals surface area (Å²) in [4.78, 5) is 13.6. The molecule has 0 aliphatic heterocycles. The number of hydrogen-bond acceptors (Lipinski definition) is 6. The molecule has 3 heterocycles. The van der Waals surface area contributed by atoms with Gasteiger partial charge < -0.3 is 4.74 Å². The van der Waals surface area contributed by atoms with E-state index in [1.807, 2.05) is 38.2 Å². The summed E-state index contributed by atoms with van der Waals surface area (Å²) in [6.45, 7) is 3.99. The molecule has 0 amide bonds. The van der Waals surface area contributed by atoms with Crippen LogP contribution in [-0.2, 0) is 6.42 Å². The minimum atomic E-state index is 0.135. The van der Waals surface area contributed by atoms with Gasteiger partial charge in [0.1, 0.15) is 16.5 Å². The molecule has 0 saturated heterocycles. The molecular formula is C19H20N4OS. The molecule has 1 aliphatic rings. The standard InChI is InChI=1S/C19H20N4OS/c1-12(2)24-14-7-8-16(21-11-14)19-22-18(25-23-19)10-17-15(13-5-6-13)4-3-9-20-17/h3-4,7-9,11-13H,5-6,10H2,1-2H3. The second-order valence-corrected chi connectivity index (χ2v) is 7.38. The summed E-state index contributed by atoms with van der Waals surface area (Å²) in [5.41, 5.74) is 3.26. The van der Waals surface area contributed by atoms with Crippen molar-refractivity contribution in [3.05, 3.63) is 52.9 Å². The maximum atomic E-state index is 5.62. The van der Waals surface area contributed by atoms with Crippen molar-refractivity contribution < 1.29 is 4.74 Å². The number of nitrogens with zero attached hydrogens (tertiary/aromatic N) is 4. The van der Waals surface area contributed by atoms with Gasteiger partial charge >= 0.3 is 0 Å². The summed E-state index contributed by atoms with van der Waals surface area (Å²) in [6.07, 6.45) is 7.00. The third kappa shape index (κ3) is 3.85. The third-order valence-corrected chi connectivity index (χ3v) is 4.78. The van der Waals surface area contributed by atoms with Gasteiger partial charge in [-0.25, -0.2) is 9.97 Å². The zero-order valence-electron chi connectivity index (χ0n) is 14.3. The summed E-state index contributed by atoms with van der Waals surface area (Å²) < 4.78 is 10.1. The average Bonchev–Trinajstić information content (AvgIpc) is 3.35. The lowest BCUT2D eigenvalue weighted by molar-refractivity contribution is 0.241. The Hall–Kier alpha value is -2.34. The van der Waals surface area contributed by atoms with Gasteiger partial charge in [-0.1, -0.05) is 6.07 Å². The molecule has 1 aliphatic carbocycles. The smallest absolute Gasteiger partial charge is 0.191 e. The number of pyridine rings is 2. The predicted molar refractivity (Wildman–Crippen MR) is 97.9 cm³/mol. The largest absolute Gasteiger partial charge is 0.489 e. The molecule has 0 atom stereocenters. The second kappa shape index (κ2) is 6.88. The molecule has 0 aromatic carbocycles. The number of ether oxygens (including phenoxy) is 1. The highest BCUT2D eigenvalue weighted by molar-refractivity contribution is 7.05. The van der Waals surface area contributed by atoms with Crippen LogP contribution in [0.5, 0.6) is 5.75 Å². The monoisotopic (exact) mass is 352 g/mol. The Morgan fingerprint density at radius 2 is 2.08 bits per heavy atom. The lowest BCUT2D eigenvalue weighted by Gasteiger charge is -2.08. The van der Waals surface area contributed by atoms with Crippen LogP contribution in [0.4, 0.5) is 0 Å². The predicted octanol–water partition coefficient (Wildman–Crippen LogP) is 4.25. The molecule has 5 nitrogen and oxygen atoms in total. The van der Waals surface area contributed by atoms with E-state index in [1.54, 1.807) is 6.20 Å². The minimum absolute atomic E-state index is 0.135. The number of aromatic nitrogens is 4. The van der Waals surface area contributed by atoms with Crippen molar-refractivity contribution >= 4 is 11.5 Å². The van der Waals surface area contributed by atoms with Crippen molar-refractivity contribution in [3.63, 3.8) is 0 Å². The first-order valence-corrected chi connectivity index (χ1v) is 9.36. The average molecular weight is 352 g/mol. The molecule has 1 saturated carbocycles. The molecule has 0 unspecified atom stereocenters. The molecule has 3 aromatic heterocycles.